The quantitative estimate of drug-likeness (QED) is 0.225. The minimum atomic E-state index is -3.38. The number of carbonyl (C=O) groups is 5. The van der Waals surface area contributed by atoms with Gasteiger partial charge in [-0.25, -0.2) is 4.79 Å². The van der Waals surface area contributed by atoms with Gasteiger partial charge in [0.2, 0.25) is 11.1 Å². The molecule has 0 bridgehead atoms. The molecule has 1 unspecified atom stereocenters. The van der Waals surface area contributed by atoms with Crippen LogP contribution in [0.2, 0.25) is 0 Å². The summed E-state index contributed by atoms with van der Waals surface area (Å²) in [7, 11) is 0. The molecule has 11 heteroatoms. The van der Waals surface area contributed by atoms with E-state index >= 15 is 0 Å². The molecule has 3 rings (SSSR count). The van der Waals surface area contributed by atoms with E-state index in [-0.39, 0.29) is 31.1 Å². The second-order valence-electron chi connectivity index (χ2n) is 7.98. The minimum absolute atomic E-state index is 0.130. The number of hydrogen-bond donors (Lipinski definition) is 2. The highest BCUT2D eigenvalue weighted by Crippen LogP contribution is 2.34. The second kappa shape index (κ2) is 10.5. The first kappa shape index (κ1) is 25.5. The van der Waals surface area contributed by atoms with E-state index in [1.165, 1.54) is 0 Å². The van der Waals surface area contributed by atoms with Gasteiger partial charge >= 0.3 is 17.9 Å². The molecule has 1 atom stereocenters. The highest BCUT2D eigenvalue weighted by molar-refractivity contribution is 6.07. The maximum atomic E-state index is 13.1. The molecule has 1 saturated heterocycles. The van der Waals surface area contributed by atoms with Crippen LogP contribution in [0, 0.1) is 5.41 Å². The Labute approximate surface area is 200 Å². The molecule has 1 fully saturated rings. The van der Waals surface area contributed by atoms with Gasteiger partial charge in [0.25, 0.3) is 11.8 Å². The van der Waals surface area contributed by atoms with E-state index in [4.69, 9.17) is 15.2 Å². The van der Waals surface area contributed by atoms with Crippen molar-refractivity contribution in [3.8, 4) is 0 Å². The number of rotatable bonds is 9. The Bertz CT molecular complexity index is 1040. The Kier molecular flexibility index (Phi) is 7.62. The number of aliphatic hydroxyl groups is 1. The van der Waals surface area contributed by atoms with Crippen LogP contribution >= 0.6 is 0 Å². The number of nitrogens with two attached hydrogens (primary N) is 1. The number of imide groups is 1. The van der Waals surface area contributed by atoms with Crippen LogP contribution in [0.5, 0.6) is 0 Å². The SMILES string of the molecule is CC(C(=O)OCc1ccccc1)(C(=O)OCc1ccccc1)C(N)(O)C(=O)ON1C(=O)CCC1=O. The van der Waals surface area contributed by atoms with Crippen LogP contribution in [0.4, 0.5) is 0 Å². The van der Waals surface area contributed by atoms with Crippen molar-refractivity contribution < 1.29 is 43.4 Å². The highest BCUT2D eigenvalue weighted by atomic mass is 16.7. The Morgan fingerprint density at radius 3 is 1.63 bits per heavy atom. The standard InChI is InChI=1S/C24H24N2O9/c1-23(20(29)33-14-16-8-4-2-5-9-16,21(30)34-15-17-10-6-3-7-11-17)24(25,32)22(31)35-26-18(27)12-13-19(26)28/h2-11,32H,12-15,25H2,1H3. The van der Waals surface area contributed by atoms with Crippen molar-refractivity contribution >= 4 is 29.7 Å². The Balaban J connectivity index is 1.86. The first-order chi connectivity index (χ1) is 16.6. The van der Waals surface area contributed by atoms with Crippen LogP contribution in [-0.2, 0) is 51.5 Å². The number of hydrogen-bond acceptors (Lipinski definition) is 10. The van der Waals surface area contributed by atoms with Crippen molar-refractivity contribution in [3.05, 3.63) is 71.8 Å². The van der Waals surface area contributed by atoms with E-state index in [0.29, 0.717) is 11.1 Å². The molecule has 1 aliphatic rings. The van der Waals surface area contributed by atoms with Crippen molar-refractivity contribution in [2.24, 2.45) is 11.1 Å². The smallest absolute Gasteiger partial charge is 0.381 e. The van der Waals surface area contributed by atoms with E-state index in [2.05, 4.69) is 4.84 Å². The van der Waals surface area contributed by atoms with Gasteiger partial charge in [0.15, 0.2) is 0 Å². The monoisotopic (exact) mass is 484 g/mol. The molecule has 3 N–H and O–H groups in total. The molecule has 1 aliphatic heterocycles. The molecule has 0 radical (unpaired) electrons. The summed E-state index contributed by atoms with van der Waals surface area (Å²) in [5.41, 5.74) is 0.672. The number of carbonyl (C=O) groups excluding carboxylic acids is 5. The molecule has 35 heavy (non-hydrogen) atoms. The van der Waals surface area contributed by atoms with Crippen molar-refractivity contribution in [2.75, 3.05) is 0 Å². The lowest BCUT2D eigenvalue weighted by Crippen LogP contribution is -2.68. The zero-order valence-corrected chi connectivity index (χ0v) is 18.8. The average molecular weight is 484 g/mol. The molecular weight excluding hydrogens is 460 g/mol. The van der Waals surface area contributed by atoms with Gasteiger partial charge in [-0.2, -0.15) is 0 Å². The van der Waals surface area contributed by atoms with Crippen LogP contribution in [0.15, 0.2) is 60.7 Å². The maximum Gasteiger partial charge on any atom is 0.381 e. The molecule has 2 aromatic rings. The Morgan fingerprint density at radius 1 is 0.829 bits per heavy atom. The molecule has 0 spiro atoms. The summed E-state index contributed by atoms with van der Waals surface area (Å²) in [6, 6.07) is 16.8. The fourth-order valence-corrected chi connectivity index (χ4v) is 3.14. The summed E-state index contributed by atoms with van der Waals surface area (Å²) in [4.78, 5) is 67.2. The Hall–Kier alpha value is -4.09. The molecular formula is C24H24N2O9. The molecule has 184 valence electrons. The highest BCUT2D eigenvalue weighted by Gasteiger charge is 2.64. The van der Waals surface area contributed by atoms with Crippen molar-refractivity contribution in [1.29, 1.82) is 0 Å². The summed E-state index contributed by atoms with van der Waals surface area (Å²) in [6.45, 7) is 0.230. The van der Waals surface area contributed by atoms with Gasteiger partial charge in [0.05, 0.1) is 0 Å². The summed E-state index contributed by atoms with van der Waals surface area (Å²) in [5, 5.41) is 11.1. The van der Waals surface area contributed by atoms with E-state index < -0.39 is 40.9 Å². The van der Waals surface area contributed by atoms with Gasteiger partial charge in [-0.3, -0.25) is 24.9 Å². The van der Waals surface area contributed by atoms with Crippen LogP contribution in [0.25, 0.3) is 0 Å². The van der Waals surface area contributed by atoms with Gasteiger partial charge < -0.3 is 19.4 Å². The third kappa shape index (κ3) is 5.36. The maximum absolute atomic E-state index is 13.1. The molecule has 0 aromatic heterocycles. The Morgan fingerprint density at radius 2 is 1.23 bits per heavy atom. The lowest BCUT2D eigenvalue weighted by Gasteiger charge is -2.36. The molecule has 2 aromatic carbocycles. The second-order valence-corrected chi connectivity index (χ2v) is 7.98. The van der Waals surface area contributed by atoms with Gasteiger partial charge in [-0.05, 0) is 18.1 Å². The van der Waals surface area contributed by atoms with Crippen molar-refractivity contribution in [3.63, 3.8) is 0 Å². The predicted octanol–water partition coefficient (Wildman–Crippen LogP) is 0.734. The third-order valence-corrected chi connectivity index (χ3v) is 5.50. The fraction of sp³-hybridized carbons (Fsp3) is 0.292. The van der Waals surface area contributed by atoms with Gasteiger partial charge in [-0.1, -0.05) is 60.7 Å². The van der Waals surface area contributed by atoms with Crippen LogP contribution in [0.1, 0.15) is 30.9 Å². The molecule has 11 nitrogen and oxygen atoms in total. The van der Waals surface area contributed by atoms with Gasteiger partial charge in [-0.15, -0.1) is 5.06 Å². The van der Waals surface area contributed by atoms with E-state index in [0.717, 1.165) is 6.92 Å². The van der Waals surface area contributed by atoms with Crippen molar-refractivity contribution in [1.82, 2.24) is 5.06 Å². The van der Waals surface area contributed by atoms with E-state index in [9.17, 15) is 29.1 Å². The number of esters is 2. The summed E-state index contributed by atoms with van der Waals surface area (Å²) in [5.74, 6) is -6.27. The topological polar surface area (TPSA) is 163 Å². The lowest BCUT2D eigenvalue weighted by molar-refractivity contribution is -0.226. The number of benzene rings is 2. The van der Waals surface area contributed by atoms with Gasteiger partial charge in [0.1, 0.15) is 13.2 Å². The largest absolute Gasteiger partial charge is 0.460 e. The molecule has 0 aliphatic carbocycles. The first-order valence-corrected chi connectivity index (χ1v) is 10.6. The van der Waals surface area contributed by atoms with Crippen LogP contribution in [0.3, 0.4) is 0 Å². The van der Waals surface area contributed by atoms with Crippen LogP contribution in [-0.4, -0.2) is 45.6 Å². The van der Waals surface area contributed by atoms with E-state index in [1.54, 1.807) is 60.7 Å². The number of ether oxygens (including phenoxy) is 2. The average Bonchev–Trinajstić information content (AvgIpc) is 3.18. The number of amides is 2. The molecule has 0 saturated carbocycles. The number of hydroxylamine groups is 2. The number of nitrogens with zero attached hydrogens (tertiary/aromatic N) is 1. The lowest BCUT2D eigenvalue weighted by atomic mass is 9.79. The fourth-order valence-electron chi connectivity index (χ4n) is 3.14. The predicted molar refractivity (Wildman–Crippen MR) is 117 cm³/mol. The van der Waals surface area contributed by atoms with Crippen LogP contribution < -0.4 is 5.73 Å². The summed E-state index contributed by atoms with van der Waals surface area (Å²) >= 11 is 0. The summed E-state index contributed by atoms with van der Waals surface area (Å²) in [6.07, 6.45) is -0.435. The normalized spacial score (nSPS) is 15.3. The zero-order chi connectivity index (χ0) is 25.6. The zero-order valence-electron chi connectivity index (χ0n) is 18.8. The van der Waals surface area contributed by atoms with Gasteiger partial charge in [0, 0.05) is 12.8 Å². The molecule has 2 amide bonds. The third-order valence-electron chi connectivity index (χ3n) is 5.50. The molecule has 1 heterocycles. The first-order valence-electron chi connectivity index (χ1n) is 10.6. The summed E-state index contributed by atoms with van der Waals surface area (Å²) < 4.78 is 10.4. The minimum Gasteiger partial charge on any atom is -0.460 e. The van der Waals surface area contributed by atoms with E-state index in [1.807, 2.05) is 0 Å². The van der Waals surface area contributed by atoms with Crippen molar-refractivity contribution in [2.45, 2.75) is 38.7 Å².